The molecule has 2 heterocycles. The zero-order valence-electron chi connectivity index (χ0n) is 12.6. The minimum atomic E-state index is -1.52. The summed E-state index contributed by atoms with van der Waals surface area (Å²) >= 11 is 0. The molecule has 2 saturated heterocycles. The Morgan fingerprint density at radius 1 is 0.682 bits per heavy atom. The first kappa shape index (κ1) is 18.0. The molecule has 0 aliphatic carbocycles. The number of aliphatic hydroxyl groups excluding tert-OH is 5. The molecule has 0 aromatic rings. The van der Waals surface area contributed by atoms with E-state index in [-0.39, 0.29) is 0 Å². The Hall–Kier alpha value is -0.360. The van der Waals surface area contributed by atoms with Crippen LogP contribution in [-0.4, -0.2) is 94.1 Å². The average molecular weight is 324 g/mol. The van der Waals surface area contributed by atoms with E-state index in [0.29, 0.717) is 0 Å². The van der Waals surface area contributed by atoms with Gasteiger partial charge in [0.1, 0.15) is 36.6 Å². The Kier molecular flexibility index (Phi) is 5.75. The molecule has 9 nitrogen and oxygen atoms in total. The minimum absolute atomic E-state index is 0.664. The molecule has 0 aromatic heterocycles. The van der Waals surface area contributed by atoms with E-state index in [0.717, 1.165) is 0 Å². The maximum atomic E-state index is 10.1. The van der Waals surface area contributed by atoms with Crippen LogP contribution < -0.4 is 0 Å². The van der Waals surface area contributed by atoms with Gasteiger partial charge in [0, 0.05) is 7.11 Å². The molecule has 2 aliphatic heterocycles. The first-order valence-corrected chi connectivity index (χ1v) is 7.17. The van der Waals surface area contributed by atoms with Crippen molar-refractivity contribution in [2.75, 3.05) is 7.11 Å². The molecular weight excluding hydrogens is 300 g/mol. The van der Waals surface area contributed by atoms with Gasteiger partial charge in [0.25, 0.3) is 0 Å². The van der Waals surface area contributed by atoms with Crippen molar-refractivity contribution in [3.63, 3.8) is 0 Å². The van der Waals surface area contributed by atoms with Crippen molar-refractivity contribution in [1.82, 2.24) is 0 Å². The summed E-state index contributed by atoms with van der Waals surface area (Å²) in [6.07, 6.45) is -11.6. The predicted octanol–water partition coefficient (Wildman–Crippen LogP) is -2.69. The van der Waals surface area contributed by atoms with Gasteiger partial charge in [-0.2, -0.15) is 0 Å². The first-order chi connectivity index (χ1) is 10.3. The molecule has 0 aromatic carbocycles. The van der Waals surface area contributed by atoms with Gasteiger partial charge in [-0.1, -0.05) is 0 Å². The molecule has 0 radical (unpaired) electrons. The van der Waals surface area contributed by atoms with Crippen LogP contribution in [0.1, 0.15) is 13.8 Å². The van der Waals surface area contributed by atoms with Crippen LogP contribution in [-0.2, 0) is 18.9 Å². The van der Waals surface area contributed by atoms with Gasteiger partial charge < -0.3 is 44.5 Å². The Balaban J connectivity index is 2.10. The lowest BCUT2D eigenvalue weighted by molar-refractivity contribution is -0.359. The van der Waals surface area contributed by atoms with Gasteiger partial charge in [-0.25, -0.2) is 0 Å². The molecular formula is C13H24O9. The molecule has 2 fully saturated rings. The predicted molar refractivity (Wildman–Crippen MR) is 70.6 cm³/mol. The van der Waals surface area contributed by atoms with E-state index in [9.17, 15) is 25.5 Å². The fourth-order valence-corrected chi connectivity index (χ4v) is 2.62. The molecule has 0 saturated carbocycles. The van der Waals surface area contributed by atoms with Crippen LogP contribution in [0.3, 0.4) is 0 Å². The highest BCUT2D eigenvalue weighted by molar-refractivity contribution is 4.92. The van der Waals surface area contributed by atoms with Gasteiger partial charge in [0.15, 0.2) is 12.6 Å². The van der Waals surface area contributed by atoms with E-state index in [1.54, 1.807) is 6.92 Å². The summed E-state index contributed by atoms with van der Waals surface area (Å²) in [5, 5.41) is 49.3. The SMILES string of the molecule is CO[C@H]1OC(C)[C@@H](O)C(O)C1O[C@H]1OC(C)[C@@H](O)C(O)C1O. The molecule has 5 N–H and O–H groups in total. The second-order valence-corrected chi connectivity index (χ2v) is 5.71. The summed E-state index contributed by atoms with van der Waals surface area (Å²) < 4.78 is 21.2. The van der Waals surface area contributed by atoms with Crippen molar-refractivity contribution in [3.8, 4) is 0 Å². The molecule has 2 aliphatic rings. The third-order valence-electron chi connectivity index (χ3n) is 4.12. The second-order valence-electron chi connectivity index (χ2n) is 5.71. The number of methoxy groups -OCH3 is 1. The molecule has 9 heteroatoms. The second kappa shape index (κ2) is 7.04. The highest BCUT2D eigenvalue weighted by atomic mass is 16.7. The molecule has 0 spiro atoms. The fraction of sp³-hybridized carbons (Fsp3) is 1.00. The Morgan fingerprint density at radius 3 is 1.73 bits per heavy atom. The summed E-state index contributed by atoms with van der Waals surface area (Å²) in [7, 11) is 1.34. The van der Waals surface area contributed by atoms with E-state index in [1.165, 1.54) is 14.0 Å². The topological polar surface area (TPSA) is 138 Å². The summed E-state index contributed by atoms with van der Waals surface area (Å²) in [6, 6.07) is 0. The molecule has 0 amide bonds. The molecule has 6 unspecified atom stereocenters. The third kappa shape index (κ3) is 3.28. The summed E-state index contributed by atoms with van der Waals surface area (Å²) in [5.74, 6) is 0. The van der Waals surface area contributed by atoms with Crippen LogP contribution in [0.2, 0.25) is 0 Å². The van der Waals surface area contributed by atoms with Crippen LogP contribution in [0.4, 0.5) is 0 Å². The molecule has 130 valence electrons. The van der Waals surface area contributed by atoms with Crippen LogP contribution in [0.25, 0.3) is 0 Å². The largest absolute Gasteiger partial charge is 0.388 e. The van der Waals surface area contributed by atoms with Crippen LogP contribution in [0, 0.1) is 0 Å². The van der Waals surface area contributed by atoms with Gasteiger partial charge in [0.05, 0.1) is 12.2 Å². The Morgan fingerprint density at radius 2 is 1.18 bits per heavy atom. The van der Waals surface area contributed by atoms with Gasteiger partial charge in [-0.05, 0) is 13.8 Å². The van der Waals surface area contributed by atoms with Gasteiger partial charge >= 0.3 is 0 Å². The van der Waals surface area contributed by atoms with E-state index >= 15 is 0 Å². The fourth-order valence-electron chi connectivity index (χ4n) is 2.62. The van der Waals surface area contributed by atoms with E-state index < -0.39 is 61.4 Å². The van der Waals surface area contributed by atoms with Gasteiger partial charge in [-0.3, -0.25) is 0 Å². The van der Waals surface area contributed by atoms with Crippen molar-refractivity contribution >= 4 is 0 Å². The number of aliphatic hydroxyl groups is 5. The molecule has 2 rings (SSSR count). The van der Waals surface area contributed by atoms with Crippen molar-refractivity contribution < 1.29 is 44.5 Å². The van der Waals surface area contributed by atoms with Crippen LogP contribution in [0.15, 0.2) is 0 Å². The molecule has 10 atom stereocenters. The standard InChI is InChI=1S/C13H24O9/c1-4-6(14)8(16)10(18)12(20-4)22-11-9(17)7(15)5(2)21-13(11)19-3/h4-18H,1-3H3/t4?,5?,6-,7-,8?,9?,10?,11?,12-,13+/m1/s1. The van der Waals surface area contributed by atoms with E-state index in [4.69, 9.17) is 18.9 Å². The lowest BCUT2D eigenvalue weighted by Gasteiger charge is -2.45. The zero-order valence-corrected chi connectivity index (χ0v) is 12.6. The van der Waals surface area contributed by atoms with E-state index in [2.05, 4.69) is 0 Å². The molecule has 0 bridgehead atoms. The summed E-state index contributed by atoms with van der Waals surface area (Å²) in [6.45, 7) is 3.08. The maximum absolute atomic E-state index is 10.1. The number of hydrogen-bond donors (Lipinski definition) is 5. The highest BCUT2D eigenvalue weighted by Crippen LogP contribution is 2.29. The van der Waals surface area contributed by atoms with Gasteiger partial charge in [0.2, 0.25) is 0 Å². The van der Waals surface area contributed by atoms with Crippen LogP contribution >= 0.6 is 0 Å². The number of ether oxygens (including phenoxy) is 4. The lowest BCUT2D eigenvalue weighted by Crippen LogP contribution is -2.63. The van der Waals surface area contributed by atoms with Crippen molar-refractivity contribution in [1.29, 1.82) is 0 Å². The van der Waals surface area contributed by atoms with Crippen molar-refractivity contribution in [2.45, 2.75) is 75.3 Å². The quantitative estimate of drug-likeness (QED) is 0.376. The Bertz CT molecular complexity index is 365. The normalized spacial score (nSPS) is 53.5. The minimum Gasteiger partial charge on any atom is -0.388 e. The van der Waals surface area contributed by atoms with E-state index in [1.807, 2.05) is 0 Å². The molecule has 22 heavy (non-hydrogen) atoms. The first-order valence-electron chi connectivity index (χ1n) is 7.17. The smallest absolute Gasteiger partial charge is 0.187 e. The number of rotatable bonds is 3. The van der Waals surface area contributed by atoms with Crippen LogP contribution in [0.5, 0.6) is 0 Å². The zero-order chi connectivity index (χ0) is 16.6. The summed E-state index contributed by atoms with van der Waals surface area (Å²) in [4.78, 5) is 0. The lowest BCUT2D eigenvalue weighted by atomic mass is 9.98. The maximum Gasteiger partial charge on any atom is 0.187 e. The van der Waals surface area contributed by atoms with Crippen molar-refractivity contribution in [3.05, 3.63) is 0 Å². The van der Waals surface area contributed by atoms with Crippen molar-refractivity contribution in [2.24, 2.45) is 0 Å². The average Bonchev–Trinajstić information content (AvgIpc) is 2.50. The summed E-state index contributed by atoms with van der Waals surface area (Å²) in [5.41, 5.74) is 0. The number of hydrogen-bond acceptors (Lipinski definition) is 9. The van der Waals surface area contributed by atoms with Gasteiger partial charge in [-0.15, -0.1) is 0 Å². The monoisotopic (exact) mass is 324 g/mol. The highest BCUT2D eigenvalue weighted by Gasteiger charge is 2.49. The third-order valence-corrected chi connectivity index (χ3v) is 4.12. The Labute approximate surface area is 128 Å².